The standard InChI is InChI=1S/C16H15ClN2O3/c1-9(21)19-5-4-13-12(7-19)16(17)11-3-2-10(15(22)8-20)6-14(11)18-13/h2-3,6,20H,4-5,7-8H2,1H3. The van der Waals surface area contributed by atoms with Crippen molar-refractivity contribution in [1.29, 1.82) is 0 Å². The molecule has 0 saturated heterocycles. The number of aromatic nitrogens is 1. The highest BCUT2D eigenvalue weighted by Crippen LogP contribution is 2.32. The number of amides is 1. The van der Waals surface area contributed by atoms with Gasteiger partial charge in [-0.2, -0.15) is 0 Å². The van der Waals surface area contributed by atoms with Gasteiger partial charge in [0.2, 0.25) is 5.91 Å². The van der Waals surface area contributed by atoms with E-state index in [1.165, 1.54) is 0 Å². The maximum absolute atomic E-state index is 11.6. The third-order valence-corrected chi connectivity index (χ3v) is 4.41. The van der Waals surface area contributed by atoms with Gasteiger partial charge in [-0.15, -0.1) is 0 Å². The first-order chi connectivity index (χ1) is 10.5. The number of carbonyl (C=O) groups excluding carboxylic acids is 2. The Bertz CT molecular complexity index is 789. The van der Waals surface area contributed by atoms with Crippen molar-refractivity contribution in [3.63, 3.8) is 0 Å². The molecule has 0 aliphatic carbocycles. The molecule has 2 aromatic rings. The molecule has 0 spiro atoms. The molecule has 22 heavy (non-hydrogen) atoms. The summed E-state index contributed by atoms with van der Waals surface area (Å²) in [4.78, 5) is 29.5. The van der Waals surface area contributed by atoms with Crippen LogP contribution in [0.1, 0.15) is 28.5 Å². The summed E-state index contributed by atoms with van der Waals surface area (Å²) in [5.41, 5.74) is 2.79. The zero-order chi connectivity index (χ0) is 15.9. The molecule has 0 atom stereocenters. The van der Waals surface area contributed by atoms with Gasteiger partial charge in [0.15, 0.2) is 5.78 Å². The maximum atomic E-state index is 11.6. The van der Waals surface area contributed by atoms with Crippen LogP contribution < -0.4 is 0 Å². The zero-order valence-electron chi connectivity index (χ0n) is 12.1. The number of benzene rings is 1. The number of carbonyl (C=O) groups is 2. The van der Waals surface area contributed by atoms with E-state index in [-0.39, 0.29) is 11.7 Å². The number of halogens is 1. The van der Waals surface area contributed by atoms with E-state index < -0.39 is 6.61 Å². The summed E-state index contributed by atoms with van der Waals surface area (Å²) in [6.45, 7) is 2.09. The van der Waals surface area contributed by atoms with Gasteiger partial charge in [-0.25, -0.2) is 0 Å². The van der Waals surface area contributed by atoms with Crippen molar-refractivity contribution in [2.45, 2.75) is 19.9 Å². The first-order valence-electron chi connectivity index (χ1n) is 7.02. The maximum Gasteiger partial charge on any atom is 0.219 e. The van der Waals surface area contributed by atoms with E-state index in [0.29, 0.717) is 35.6 Å². The number of hydrogen-bond acceptors (Lipinski definition) is 4. The Kier molecular flexibility index (Phi) is 3.85. The molecule has 114 valence electrons. The van der Waals surface area contributed by atoms with Crippen LogP contribution in [0.15, 0.2) is 18.2 Å². The van der Waals surface area contributed by atoms with Gasteiger partial charge in [0.1, 0.15) is 6.61 Å². The zero-order valence-corrected chi connectivity index (χ0v) is 12.9. The predicted octanol–water partition coefficient (Wildman–Crippen LogP) is 1.97. The van der Waals surface area contributed by atoms with Crippen molar-refractivity contribution in [3.05, 3.63) is 40.0 Å². The lowest BCUT2D eigenvalue weighted by molar-refractivity contribution is -0.129. The topological polar surface area (TPSA) is 70.5 Å². The second-order valence-electron chi connectivity index (χ2n) is 5.35. The highest BCUT2D eigenvalue weighted by atomic mass is 35.5. The molecule has 0 saturated carbocycles. The monoisotopic (exact) mass is 318 g/mol. The molecule has 3 rings (SSSR count). The molecule has 6 heteroatoms. The second kappa shape index (κ2) is 5.66. The summed E-state index contributed by atoms with van der Waals surface area (Å²) in [5.74, 6) is -0.328. The summed E-state index contributed by atoms with van der Waals surface area (Å²) in [6.07, 6.45) is 0.642. The fourth-order valence-corrected chi connectivity index (χ4v) is 3.05. The van der Waals surface area contributed by atoms with E-state index in [1.54, 1.807) is 30.0 Å². The normalized spacial score (nSPS) is 14.0. The Balaban J connectivity index is 2.12. The molecule has 5 nitrogen and oxygen atoms in total. The van der Waals surface area contributed by atoms with Gasteiger partial charge in [0.05, 0.1) is 10.5 Å². The van der Waals surface area contributed by atoms with Gasteiger partial charge >= 0.3 is 0 Å². The quantitative estimate of drug-likeness (QED) is 0.859. The smallest absolute Gasteiger partial charge is 0.219 e. The molecule has 0 unspecified atom stereocenters. The third-order valence-electron chi connectivity index (χ3n) is 3.98. The van der Waals surface area contributed by atoms with E-state index in [9.17, 15) is 9.59 Å². The van der Waals surface area contributed by atoms with Gasteiger partial charge in [-0.3, -0.25) is 14.6 Å². The highest BCUT2D eigenvalue weighted by molar-refractivity contribution is 6.36. The number of nitrogens with zero attached hydrogens (tertiary/aromatic N) is 2. The number of rotatable bonds is 2. The van der Waals surface area contributed by atoms with E-state index >= 15 is 0 Å². The van der Waals surface area contributed by atoms with Crippen molar-refractivity contribution in [2.75, 3.05) is 13.2 Å². The average Bonchev–Trinajstić information content (AvgIpc) is 2.53. The molecule has 1 aromatic carbocycles. The second-order valence-corrected chi connectivity index (χ2v) is 5.73. The first-order valence-corrected chi connectivity index (χ1v) is 7.39. The average molecular weight is 319 g/mol. The minimum Gasteiger partial charge on any atom is -0.388 e. The lowest BCUT2D eigenvalue weighted by Crippen LogP contribution is -2.34. The van der Waals surface area contributed by atoms with Gasteiger partial charge in [0, 0.05) is 48.6 Å². The molecule has 1 aliphatic heterocycles. The predicted molar refractivity (Wildman–Crippen MR) is 83.0 cm³/mol. The van der Waals surface area contributed by atoms with Crippen LogP contribution in [-0.2, 0) is 17.8 Å². The fourth-order valence-electron chi connectivity index (χ4n) is 2.72. The Morgan fingerprint density at radius 2 is 2.18 bits per heavy atom. The Morgan fingerprint density at radius 3 is 2.86 bits per heavy atom. The number of fused-ring (bicyclic) bond motifs is 2. The molecule has 1 aromatic heterocycles. The van der Waals surface area contributed by atoms with Crippen LogP contribution in [0.2, 0.25) is 5.02 Å². The minimum absolute atomic E-state index is 0.0192. The third kappa shape index (κ3) is 2.46. The minimum atomic E-state index is -0.530. The molecule has 1 aliphatic rings. The number of aliphatic hydroxyl groups excluding tert-OH is 1. The number of hydrogen-bond donors (Lipinski definition) is 1. The van der Waals surface area contributed by atoms with Gasteiger partial charge in [-0.1, -0.05) is 23.7 Å². The van der Waals surface area contributed by atoms with Crippen LogP contribution in [-0.4, -0.2) is 39.8 Å². The van der Waals surface area contributed by atoms with Crippen molar-refractivity contribution < 1.29 is 14.7 Å². The fraction of sp³-hybridized carbons (Fsp3) is 0.312. The SMILES string of the molecule is CC(=O)N1CCc2nc3cc(C(=O)CO)ccc3c(Cl)c2C1. The molecule has 0 bridgehead atoms. The largest absolute Gasteiger partial charge is 0.388 e. The molecule has 1 N–H and O–H groups in total. The first kappa shape index (κ1) is 14.9. The molecule has 2 heterocycles. The van der Waals surface area contributed by atoms with Crippen molar-refractivity contribution in [2.24, 2.45) is 0 Å². The Labute approximate surface area is 132 Å². The number of ketones is 1. The van der Waals surface area contributed by atoms with Crippen molar-refractivity contribution in [1.82, 2.24) is 9.88 Å². The van der Waals surface area contributed by atoms with Crippen LogP contribution in [0.5, 0.6) is 0 Å². The van der Waals surface area contributed by atoms with Crippen LogP contribution in [0.25, 0.3) is 10.9 Å². The number of aliphatic hydroxyl groups is 1. The summed E-state index contributed by atoms with van der Waals surface area (Å²) in [6, 6.07) is 5.02. The molecule has 0 fully saturated rings. The van der Waals surface area contributed by atoms with Crippen molar-refractivity contribution >= 4 is 34.2 Å². The summed E-state index contributed by atoms with van der Waals surface area (Å²) < 4.78 is 0. The molecular weight excluding hydrogens is 304 g/mol. The summed E-state index contributed by atoms with van der Waals surface area (Å²) >= 11 is 6.48. The van der Waals surface area contributed by atoms with Gasteiger partial charge < -0.3 is 10.0 Å². The Morgan fingerprint density at radius 1 is 1.41 bits per heavy atom. The summed E-state index contributed by atoms with van der Waals surface area (Å²) in [7, 11) is 0. The summed E-state index contributed by atoms with van der Waals surface area (Å²) in [5, 5.41) is 10.3. The highest BCUT2D eigenvalue weighted by Gasteiger charge is 2.23. The molecule has 1 amide bonds. The molecule has 0 radical (unpaired) electrons. The van der Waals surface area contributed by atoms with E-state index in [0.717, 1.165) is 16.6 Å². The lowest BCUT2D eigenvalue weighted by atomic mass is 10.0. The van der Waals surface area contributed by atoms with Gasteiger partial charge in [0.25, 0.3) is 0 Å². The Hall–Kier alpha value is -1.98. The van der Waals surface area contributed by atoms with Gasteiger partial charge in [-0.05, 0) is 6.07 Å². The van der Waals surface area contributed by atoms with Crippen LogP contribution in [0.3, 0.4) is 0 Å². The van der Waals surface area contributed by atoms with Crippen LogP contribution >= 0.6 is 11.6 Å². The van der Waals surface area contributed by atoms with Crippen molar-refractivity contribution in [3.8, 4) is 0 Å². The molecular formula is C16H15ClN2O3. The lowest BCUT2D eigenvalue weighted by Gasteiger charge is -2.28. The number of Topliss-reactive ketones (excluding diaryl/α,β-unsaturated/α-hetero) is 1. The van der Waals surface area contributed by atoms with Crippen LogP contribution in [0.4, 0.5) is 0 Å². The van der Waals surface area contributed by atoms with E-state index in [2.05, 4.69) is 4.98 Å². The van der Waals surface area contributed by atoms with Crippen LogP contribution in [0, 0.1) is 0 Å². The van der Waals surface area contributed by atoms with E-state index in [1.807, 2.05) is 0 Å². The van der Waals surface area contributed by atoms with E-state index in [4.69, 9.17) is 16.7 Å². The number of pyridine rings is 1.